The average molecular weight is 283 g/mol. The molecule has 0 saturated carbocycles. The second-order valence-corrected chi connectivity index (χ2v) is 5.07. The normalized spacial score (nSPS) is 15.8. The summed E-state index contributed by atoms with van der Waals surface area (Å²) in [5.74, 6) is -2.82. The van der Waals surface area contributed by atoms with Gasteiger partial charge in [-0.25, -0.2) is 0 Å². The van der Waals surface area contributed by atoms with Crippen LogP contribution in [0, 0.1) is 13.8 Å². The van der Waals surface area contributed by atoms with E-state index >= 15 is 0 Å². The van der Waals surface area contributed by atoms with Crippen molar-refractivity contribution in [1.29, 1.82) is 0 Å². The van der Waals surface area contributed by atoms with Crippen LogP contribution in [0.3, 0.4) is 0 Å². The lowest BCUT2D eigenvalue weighted by atomic mass is 9.91. The Labute approximate surface area is 120 Å². The van der Waals surface area contributed by atoms with Gasteiger partial charge in [-0.2, -0.15) is 0 Å². The third-order valence-corrected chi connectivity index (χ3v) is 3.68. The molecule has 3 rings (SSSR count). The smallest absolute Gasteiger partial charge is 0.232 e. The fourth-order valence-electron chi connectivity index (χ4n) is 2.67. The Morgan fingerprint density at radius 2 is 1.81 bits per heavy atom. The first kappa shape index (κ1) is 13.2. The Hall–Kier alpha value is -2.82. The lowest BCUT2D eigenvalue weighted by Gasteiger charge is -2.13. The first-order valence-corrected chi connectivity index (χ1v) is 6.43. The van der Waals surface area contributed by atoms with E-state index in [0.29, 0.717) is 11.3 Å². The number of aliphatic hydroxyl groups is 2. The molecule has 0 radical (unpaired) electrons. The maximum absolute atomic E-state index is 12.2. The van der Waals surface area contributed by atoms with Crippen molar-refractivity contribution in [2.24, 2.45) is 0 Å². The molecule has 5 heteroatoms. The van der Waals surface area contributed by atoms with Gasteiger partial charge in [-0.1, -0.05) is 18.2 Å². The number of Topliss-reactive ketones (excluding diaryl/α,β-unsaturated/α-hetero) is 1. The topological polar surface area (TPSA) is 90.4 Å². The van der Waals surface area contributed by atoms with E-state index in [9.17, 15) is 19.8 Å². The van der Waals surface area contributed by atoms with Crippen molar-refractivity contribution in [3.05, 3.63) is 52.6 Å². The van der Waals surface area contributed by atoms with E-state index in [1.54, 1.807) is 13.0 Å². The number of carbonyl (C=O) groups is 2. The van der Waals surface area contributed by atoms with Gasteiger partial charge in [0.15, 0.2) is 11.5 Å². The van der Waals surface area contributed by atoms with E-state index in [0.717, 1.165) is 22.5 Å². The number of carbonyl (C=O) groups excluding carboxylic acids is 2. The summed E-state index contributed by atoms with van der Waals surface area (Å²) in [6, 6.07) is 5.55. The number of aromatic nitrogens is 1. The maximum Gasteiger partial charge on any atom is 0.232 e. The molecule has 0 saturated heterocycles. The quantitative estimate of drug-likeness (QED) is 0.702. The Balaban J connectivity index is 2.38. The first-order valence-electron chi connectivity index (χ1n) is 6.43. The van der Waals surface area contributed by atoms with Crippen LogP contribution in [0.1, 0.15) is 16.8 Å². The van der Waals surface area contributed by atoms with Crippen molar-refractivity contribution in [1.82, 2.24) is 4.98 Å². The van der Waals surface area contributed by atoms with Gasteiger partial charge in [-0.15, -0.1) is 0 Å². The van der Waals surface area contributed by atoms with Crippen molar-refractivity contribution in [2.75, 3.05) is 0 Å². The van der Waals surface area contributed by atoms with Gasteiger partial charge in [0.2, 0.25) is 11.6 Å². The minimum atomic E-state index is -0.775. The number of allylic oxidation sites excluding steroid dienone is 2. The van der Waals surface area contributed by atoms with E-state index in [1.165, 1.54) is 0 Å². The largest absolute Gasteiger partial charge is 0.504 e. The monoisotopic (exact) mass is 283 g/mol. The Bertz CT molecular complexity index is 868. The average Bonchev–Trinajstić information content (AvgIpc) is 2.76. The van der Waals surface area contributed by atoms with E-state index in [4.69, 9.17) is 0 Å². The molecule has 1 aromatic heterocycles. The highest BCUT2D eigenvalue weighted by molar-refractivity contribution is 6.38. The molecule has 0 amide bonds. The Morgan fingerprint density at radius 1 is 1.10 bits per heavy atom. The molecule has 21 heavy (non-hydrogen) atoms. The van der Waals surface area contributed by atoms with Crippen LogP contribution in [0.25, 0.3) is 16.5 Å². The van der Waals surface area contributed by atoms with Crippen LogP contribution in [0.15, 0.2) is 35.8 Å². The highest BCUT2D eigenvalue weighted by Crippen LogP contribution is 2.34. The number of hydrogen-bond donors (Lipinski definition) is 3. The highest BCUT2D eigenvalue weighted by Gasteiger charge is 2.32. The zero-order chi connectivity index (χ0) is 15.3. The minimum absolute atomic E-state index is 0.158. The highest BCUT2D eigenvalue weighted by atomic mass is 16.3. The molecule has 0 bridgehead atoms. The number of nitrogens with one attached hydrogen (secondary N) is 1. The predicted molar refractivity (Wildman–Crippen MR) is 78.0 cm³/mol. The van der Waals surface area contributed by atoms with Crippen molar-refractivity contribution in [3.63, 3.8) is 0 Å². The lowest BCUT2D eigenvalue weighted by molar-refractivity contribution is -0.117. The van der Waals surface area contributed by atoms with Gasteiger partial charge < -0.3 is 15.2 Å². The summed E-state index contributed by atoms with van der Waals surface area (Å²) in [6.07, 6.45) is 0.733. The summed E-state index contributed by atoms with van der Waals surface area (Å²) < 4.78 is 0. The van der Waals surface area contributed by atoms with Crippen molar-refractivity contribution >= 4 is 28.0 Å². The van der Waals surface area contributed by atoms with Crippen LogP contribution in [-0.2, 0) is 9.59 Å². The number of ketones is 2. The summed E-state index contributed by atoms with van der Waals surface area (Å²) in [5, 5.41) is 20.3. The van der Waals surface area contributed by atoms with Crippen LogP contribution >= 0.6 is 0 Å². The second kappa shape index (κ2) is 4.34. The first-order chi connectivity index (χ1) is 9.91. The number of aryl methyl sites for hydroxylation is 2. The summed E-state index contributed by atoms with van der Waals surface area (Å²) >= 11 is 0. The molecule has 1 heterocycles. The van der Waals surface area contributed by atoms with Crippen molar-refractivity contribution in [3.8, 4) is 0 Å². The molecule has 1 aromatic carbocycles. The van der Waals surface area contributed by atoms with E-state index < -0.39 is 23.1 Å². The van der Waals surface area contributed by atoms with E-state index in [2.05, 4.69) is 4.98 Å². The fraction of sp³-hybridized carbons (Fsp3) is 0.125. The number of hydrogen-bond acceptors (Lipinski definition) is 4. The Kier molecular flexibility index (Phi) is 2.73. The molecule has 2 aromatic rings. The van der Waals surface area contributed by atoms with Crippen molar-refractivity contribution in [2.45, 2.75) is 13.8 Å². The van der Waals surface area contributed by atoms with Crippen LogP contribution in [0.4, 0.5) is 0 Å². The summed E-state index contributed by atoms with van der Waals surface area (Å²) in [7, 11) is 0. The molecule has 3 N–H and O–H groups in total. The van der Waals surface area contributed by atoms with Gasteiger partial charge >= 0.3 is 0 Å². The van der Waals surface area contributed by atoms with Gasteiger partial charge in [0.1, 0.15) is 0 Å². The zero-order valence-electron chi connectivity index (χ0n) is 11.5. The van der Waals surface area contributed by atoms with Gasteiger partial charge in [-0.05, 0) is 19.4 Å². The molecule has 5 nitrogen and oxygen atoms in total. The van der Waals surface area contributed by atoms with Crippen LogP contribution in [-0.4, -0.2) is 26.8 Å². The van der Waals surface area contributed by atoms with E-state index in [1.807, 2.05) is 19.1 Å². The third kappa shape index (κ3) is 1.78. The molecule has 0 spiro atoms. The standard InChI is InChI=1S/C16H13NO4/c1-7-4-3-5-9-12(8(2)17-14(7)9)13-15(20)10(18)6-11(19)16(13)21/h3-6,17-18,21H,1-2H3. The molecule has 1 aliphatic rings. The fourth-order valence-corrected chi connectivity index (χ4v) is 2.67. The second-order valence-electron chi connectivity index (χ2n) is 5.07. The van der Waals surface area contributed by atoms with Gasteiger partial charge in [0.25, 0.3) is 0 Å². The number of rotatable bonds is 1. The number of fused-ring (bicyclic) bond motifs is 1. The van der Waals surface area contributed by atoms with E-state index in [-0.39, 0.29) is 5.57 Å². The molecule has 0 unspecified atom stereocenters. The zero-order valence-corrected chi connectivity index (χ0v) is 11.5. The minimum Gasteiger partial charge on any atom is -0.504 e. The SMILES string of the molecule is Cc1[nH]c2c(C)cccc2c1C1=C(O)C(=O)C=C(O)C1=O. The van der Waals surface area contributed by atoms with Crippen LogP contribution in [0.5, 0.6) is 0 Å². The van der Waals surface area contributed by atoms with Crippen molar-refractivity contribution < 1.29 is 19.8 Å². The lowest BCUT2D eigenvalue weighted by Crippen LogP contribution is -2.18. The van der Waals surface area contributed by atoms with Gasteiger partial charge in [0, 0.05) is 28.2 Å². The Morgan fingerprint density at radius 3 is 2.52 bits per heavy atom. The van der Waals surface area contributed by atoms with Crippen LogP contribution < -0.4 is 0 Å². The molecule has 0 aliphatic heterocycles. The number of H-pyrrole nitrogens is 1. The molecule has 106 valence electrons. The maximum atomic E-state index is 12.2. The molecule has 1 aliphatic carbocycles. The van der Waals surface area contributed by atoms with Gasteiger partial charge in [0.05, 0.1) is 5.57 Å². The number of benzene rings is 1. The predicted octanol–water partition coefficient (Wildman–Crippen LogP) is 2.65. The number of para-hydroxylation sites is 1. The summed E-state index contributed by atoms with van der Waals surface area (Å²) in [4.78, 5) is 27.0. The summed E-state index contributed by atoms with van der Waals surface area (Å²) in [5.41, 5.74) is 2.76. The summed E-state index contributed by atoms with van der Waals surface area (Å²) in [6.45, 7) is 3.67. The van der Waals surface area contributed by atoms with Gasteiger partial charge in [-0.3, -0.25) is 9.59 Å². The molecular formula is C16H13NO4. The third-order valence-electron chi connectivity index (χ3n) is 3.68. The molecular weight excluding hydrogens is 270 g/mol. The number of aromatic amines is 1. The van der Waals surface area contributed by atoms with Crippen LogP contribution in [0.2, 0.25) is 0 Å². The number of aliphatic hydroxyl groups excluding tert-OH is 2. The molecule has 0 atom stereocenters. The molecule has 0 fully saturated rings.